The number of oxime groups is 1. The summed E-state index contributed by atoms with van der Waals surface area (Å²) in [6.45, 7) is 7.50. The van der Waals surface area contributed by atoms with Crippen LogP contribution < -0.4 is 5.73 Å². The maximum atomic E-state index is 8.41. The first-order valence-corrected chi connectivity index (χ1v) is 4.85. The molecule has 3 N–H and O–H groups in total. The van der Waals surface area contributed by atoms with Crippen LogP contribution in [0, 0.1) is 0 Å². The van der Waals surface area contributed by atoms with Gasteiger partial charge < -0.3 is 15.7 Å². The highest BCUT2D eigenvalue weighted by molar-refractivity contribution is 5.79. The molecule has 1 fully saturated rings. The fourth-order valence-electron chi connectivity index (χ4n) is 1.60. The van der Waals surface area contributed by atoms with Crippen LogP contribution >= 0.6 is 0 Å². The lowest BCUT2D eigenvalue weighted by atomic mass is 10.0. The van der Waals surface area contributed by atoms with Gasteiger partial charge in [-0.05, 0) is 13.8 Å². The Morgan fingerprint density at radius 3 is 2.93 bits per heavy atom. The molecule has 0 atom stereocenters. The molecule has 0 aliphatic carbocycles. The molecule has 14 heavy (non-hydrogen) atoms. The van der Waals surface area contributed by atoms with Crippen molar-refractivity contribution in [3.05, 3.63) is 0 Å². The van der Waals surface area contributed by atoms with Gasteiger partial charge in [0.25, 0.3) is 0 Å². The lowest BCUT2D eigenvalue weighted by molar-refractivity contribution is -0.0495. The zero-order valence-corrected chi connectivity index (χ0v) is 8.86. The van der Waals surface area contributed by atoms with Crippen LogP contribution in [0.1, 0.15) is 20.3 Å². The van der Waals surface area contributed by atoms with Gasteiger partial charge >= 0.3 is 0 Å². The number of amidine groups is 1. The van der Waals surface area contributed by atoms with E-state index >= 15 is 0 Å². The van der Waals surface area contributed by atoms with Crippen LogP contribution in [-0.2, 0) is 4.74 Å². The van der Waals surface area contributed by atoms with E-state index in [-0.39, 0.29) is 11.4 Å². The minimum atomic E-state index is 0.0496. The van der Waals surface area contributed by atoms with Gasteiger partial charge in [-0.25, -0.2) is 0 Å². The number of rotatable bonds is 3. The van der Waals surface area contributed by atoms with Crippen LogP contribution in [0.25, 0.3) is 0 Å². The van der Waals surface area contributed by atoms with Crippen LogP contribution in [0.5, 0.6) is 0 Å². The highest BCUT2D eigenvalue weighted by Gasteiger charge is 2.29. The van der Waals surface area contributed by atoms with Gasteiger partial charge in [-0.15, -0.1) is 0 Å². The summed E-state index contributed by atoms with van der Waals surface area (Å²) in [7, 11) is 0. The first kappa shape index (κ1) is 11.3. The van der Waals surface area contributed by atoms with Crippen molar-refractivity contribution in [2.24, 2.45) is 10.9 Å². The van der Waals surface area contributed by atoms with E-state index in [1.165, 1.54) is 0 Å². The van der Waals surface area contributed by atoms with Gasteiger partial charge in [0, 0.05) is 25.0 Å². The van der Waals surface area contributed by atoms with Crippen LogP contribution in [0.3, 0.4) is 0 Å². The molecule has 0 amide bonds. The zero-order chi connectivity index (χ0) is 10.6. The maximum Gasteiger partial charge on any atom is 0.140 e. The van der Waals surface area contributed by atoms with E-state index in [0.717, 1.165) is 26.3 Å². The molecule has 5 nitrogen and oxygen atoms in total. The van der Waals surface area contributed by atoms with Crippen molar-refractivity contribution in [2.45, 2.75) is 25.8 Å². The Balaban J connectivity index is 2.42. The molecule has 0 aromatic heterocycles. The van der Waals surface area contributed by atoms with Crippen molar-refractivity contribution in [1.82, 2.24) is 4.90 Å². The van der Waals surface area contributed by atoms with Gasteiger partial charge in [0.15, 0.2) is 0 Å². The second-order valence-electron chi connectivity index (χ2n) is 4.19. The summed E-state index contributed by atoms with van der Waals surface area (Å²) in [6.07, 6.45) is 0.597. The quantitative estimate of drug-likeness (QED) is 0.297. The summed E-state index contributed by atoms with van der Waals surface area (Å²) in [5, 5.41) is 11.4. The molecule has 1 heterocycles. The second-order valence-corrected chi connectivity index (χ2v) is 4.19. The van der Waals surface area contributed by atoms with E-state index in [9.17, 15) is 0 Å². The van der Waals surface area contributed by atoms with Crippen LogP contribution in [0.15, 0.2) is 5.16 Å². The SMILES string of the molecule is CC1(C)COCCN1CCC(N)=NO. The fourth-order valence-corrected chi connectivity index (χ4v) is 1.60. The summed E-state index contributed by atoms with van der Waals surface area (Å²) < 4.78 is 5.40. The van der Waals surface area contributed by atoms with E-state index in [4.69, 9.17) is 15.7 Å². The molecule has 0 aromatic carbocycles. The number of nitrogens with zero attached hydrogens (tertiary/aromatic N) is 2. The molecule has 5 heteroatoms. The summed E-state index contributed by atoms with van der Waals surface area (Å²) in [5.41, 5.74) is 5.47. The van der Waals surface area contributed by atoms with Crippen molar-refractivity contribution < 1.29 is 9.94 Å². The molecule has 0 saturated carbocycles. The molecule has 1 saturated heterocycles. The molecule has 0 bridgehead atoms. The molecule has 1 aliphatic rings. The predicted octanol–water partition coefficient (Wildman–Crippen LogP) is 0.234. The molecular formula is C9H19N3O2. The zero-order valence-electron chi connectivity index (χ0n) is 8.86. The molecular weight excluding hydrogens is 182 g/mol. The van der Waals surface area contributed by atoms with Crippen LogP contribution in [-0.4, -0.2) is 47.8 Å². The van der Waals surface area contributed by atoms with Crippen LogP contribution in [0.4, 0.5) is 0 Å². The Morgan fingerprint density at radius 1 is 1.64 bits per heavy atom. The summed E-state index contributed by atoms with van der Waals surface area (Å²) in [5.74, 6) is 0.285. The van der Waals surface area contributed by atoms with Gasteiger partial charge in [-0.2, -0.15) is 0 Å². The van der Waals surface area contributed by atoms with Crippen LogP contribution in [0.2, 0.25) is 0 Å². The van der Waals surface area contributed by atoms with E-state index in [0.29, 0.717) is 6.42 Å². The average molecular weight is 201 g/mol. The largest absolute Gasteiger partial charge is 0.409 e. The topological polar surface area (TPSA) is 71.1 Å². The predicted molar refractivity (Wildman–Crippen MR) is 54.5 cm³/mol. The van der Waals surface area contributed by atoms with Gasteiger partial charge in [0.05, 0.1) is 13.2 Å². The van der Waals surface area contributed by atoms with E-state index in [2.05, 4.69) is 23.9 Å². The van der Waals surface area contributed by atoms with Gasteiger partial charge in [0.1, 0.15) is 5.84 Å². The summed E-state index contributed by atoms with van der Waals surface area (Å²) in [6, 6.07) is 0. The number of ether oxygens (including phenoxy) is 1. The minimum absolute atomic E-state index is 0.0496. The second kappa shape index (κ2) is 4.61. The third-order valence-corrected chi connectivity index (χ3v) is 2.58. The van der Waals surface area contributed by atoms with E-state index in [1.54, 1.807) is 0 Å². The monoisotopic (exact) mass is 201 g/mol. The summed E-state index contributed by atoms with van der Waals surface area (Å²) >= 11 is 0. The fraction of sp³-hybridized carbons (Fsp3) is 0.889. The number of nitrogens with two attached hydrogens (primary N) is 1. The maximum absolute atomic E-state index is 8.41. The van der Waals surface area contributed by atoms with Gasteiger partial charge in [0.2, 0.25) is 0 Å². The Hall–Kier alpha value is -0.810. The average Bonchev–Trinajstić information content (AvgIpc) is 2.15. The molecule has 0 radical (unpaired) electrons. The summed E-state index contributed by atoms with van der Waals surface area (Å²) in [4.78, 5) is 2.30. The molecule has 1 rings (SSSR count). The third kappa shape index (κ3) is 2.85. The van der Waals surface area contributed by atoms with Gasteiger partial charge in [-0.1, -0.05) is 5.16 Å². The number of hydrogen-bond donors (Lipinski definition) is 2. The van der Waals surface area contributed by atoms with E-state index in [1.807, 2.05) is 0 Å². The van der Waals surface area contributed by atoms with Crippen molar-refractivity contribution in [3.63, 3.8) is 0 Å². The van der Waals surface area contributed by atoms with Crippen molar-refractivity contribution in [2.75, 3.05) is 26.3 Å². The molecule has 1 aliphatic heterocycles. The first-order chi connectivity index (χ1) is 6.56. The normalized spacial score (nSPS) is 23.7. The van der Waals surface area contributed by atoms with Crippen molar-refractivity contribution in [1.29, 1.82) is 0 Å². The highest BCUT2D eigenvalue weighted by atomic mass is 16.5. The number of hydrogen-bond acceptors (Lipinski definition) is 4. The molecule has 0 spiro atoms. The van der Waals surface area contributed by atoms with Crippen molar-refractivity contribution >= 4 is 5.84 Å². The minimum Gasteiger partial charge on any atom is -0.409 e. The lowest BCUT2D eigenvalue weighted by Crippen LogP contribution is -2.53. The molecule has 82 valence electrons. The molecule has 0 unspecified atom stereocenters. The first-order valence-electron chi connectivity index (χ1n) is 4.85. The van der Waals surface area contributed by atoms with Crippen molar-refractivity contribution in [3.8, 4) is 0 Å². The smallest absolute Gasteiger partial charge is 0.140 e. The van der Waals surface area contributed by atoms with Gasteiger partial charge in [-0.3, -0.25) is 4.90 Å². The lowest BCUT2D eigenvalue weighted by Gasteiger charge is -2.42. The highest BCUT2D eigenvalue weighted by Crippen LogP contribution is 2.18. The Morgan fingerprint density at radius 2 is 2.36 bits per heavy atom. The standard InChI is InChI=1S/C9H19N3O2/c1-9(2)7-14-6-5-12(9)4-3-8(10)11-13/h13H,3-7H2,1-2H3,(H2,10,11). The Bertz CT molecular complexity index is 216. The number of morpholine rings is 1. The Kier molecular flexibility index (Phi) is 3.71. The molecule has 0 aromatic rings. The van der Waals surface area contributed by atoms with E-state index < -0.39 is 0 Å². The third-order valence-electron chi connectivity index (χ3n) is 2.58. The Labute approximate surface area is 84.5 Å².